The highest BCUT2D eigenvalue weighted by Gasteiger charge is 2.10. The van der Waals surface area contributed by atoms with E-state index in [0.717, 1.165) is 5.56 Å². The molecule has 0 bridgehead atoms. The van der Waals surface area contributed by atoms with Crippen LogP contribution in [0.4, 0.5) is 0 Å². The molecule has 80 valence electrons. The second-order valence-electron chi connectivity index (χ2n) is 3.10. The van der Waals surface area contributed by atoms with Crippen molar-refractivity contribution in [3.63, 3.8) is 0 Å². The van der Waals surface area contributed by atoms with Crippen LogP contribution in [0.2, 0.25) is 5.02 Å². The number of ether oxygens (including phenoxy) is 1. The van der Waals surface area contributed by atoms with Crippen LogP contribution < -0.4 is 4.74 Å². The van der Waals surface area contributed by atoms with Crippen molar-refractivity contribution in [3.05, 3.63) is 35.1 Å². The number of nitriles is 1. The van der Waals surface area contributed by atoms with E-state index in [-0.39, 0.29) is 0 Å². The van der Waals surface area contributed by atoms with Crippen LogP contribution in [0, 0.1) is 11.3 Å². The quantitative estimate of drug-likeness (QED) is 0.867. The summed E-state index contributed by atoms with van der Waals surface area (Å²) in [5.74, 6) is 1.22. The Kier molecular flexibility index (Phi) is 2.80. The normalized spacial score (nSPS) is 9.81. The lowest BCUT2D eigenvalue weighted by molar-refractivity contribution is 0.416. The first kappa shape index (κ1) is 10.5. The number of aromatic amines is 1. The van der Waals surface area contributed by atoms with E-state index < -0.39 is 0 Å². The number of hydrogen-bond acceptors (Lipinski definition) is 3. The van der Waals surface area contributed by atoms with Gasteiger partial charge >= 0.3 is 0 Å². The standard InChI is InChI=1S/C11H8ClN3O/c1-16-10-3-2-7(12)4-9(10)11-14-6-8(5-13)15-11/h2-4,6H,1H3,(H,14,15). The van der Waals surface area contributed by atoms with Gasteiger partial charge in [-0.15, -0.1) is 0 Å². The Labute approximate surface area is 97.5 Å². The van der Waals surface area contributed by atoms with E-state index in [1.54, 1.807) is 25.3 Å². The van der Waals surface area contributed by atoms with Crippen molar-refractivity contribution in [1.82, 2.24) is 9.97 Å². The summed E-state index contributed by atoms with van der Waals surface area (Å²) in [6.07, 6.45) is 1.47. The van der Waals surface area contributed by atoms with Gasteiger partial charge in [0.2, 0.25) is 0 Å². The van der Waals surface area contributed by atoms with Crippen LogP contribution in [0.3, 0.4) is 0 Å². The molecule has 1 aromatic heterocycles. The van der Waals surface area contributed by atoms with E-state index in [4.69, 9.17) is 21.6 Å². The van der Waals surface area contributed by atoms with Crippen molar-refractivity contribution < 1.29 is 4.74 Å². The van der Waals surface area contributed by atoms with Crippen LogP contribution in [-0.2, 0) is 0 Å². The fourth-order valence-corrected chi connectivity index (χ4v) is 1.55. The third kappa shape index (κ3) is 1.86. The molecule has 0 radical (unpaired) electrons. The summed E-state index contributed by atoms with van der Waals surface area (Å²) in [5.41, 5.74) is 1.13. The van der Waals surface area contributed by atoms with Crippen LogP contribution >= 0.6 is 11.6 Å². The Hall–Kier alpha value is -1.99. The predicted molar refractivity (Wildman–Crippen MR) is 60.3 cm³/mol. The molecule has 16 heavy (non-hydrogen) atoms. The van der Waals surface area contributed by atoms with E-state index >= 15 is 0 Å². The molecule has 0 aliphatic carbocycles. The van der Waals surface area contributed by atoms with Crippen LogP contribution in [0.25, 0.3) is 11.4 Å². The number of nitrogens with one attached hydrogen (secondary N) is 1. The molecule has 2 aromatic rings. The Morgan fingerprint density at radius 2 is 2.31 bits per heavy atom. The van der Waals surface area contributed by atoms with Gasteiger partial charge in [-0.2, -0.15) is 5.26 Å². The summed E-state index contributed by atoms with van der Waals surface area (Å²) in [7, 11) is 1.57. The van der Waals surface area contributed by atoms with Crippen LogP contribution in [0.15, 0.2) is 24.4 Å². The maximum absolute atomic E-state index is 8.70. The number of H-pyrrole nitrogens is 1. The van der Waals surface area contributed by atoms with Crippen molar-refractivity contribution in [3.8, 4) is 23.2 Å². The predicted octanol–water partition coefficient (Wildman–Crippen LogP) is 2.61. The number of benzene rings is 1. The number of hydrogen-bond donors (Lipinski definition) is 1. The minimum atomic E-state index is 0.400. The van der Waals surface area contributed by atoms with Gasteiger partial charge in [0.1, 0.15) is 23.3 Å². The van der Waals surface area contributed by atoms with Crippen LogP contribution in [0.5, 0.6) is 5.75 Å². The molecule has 0 saturated heterocycles. The van der Waals surface area contributed by atoms with Gasteiger partial charge in [0, 0.05) is 5.02 Å². The van der Waals surface area contributed by atoms with E-state index in [1.165, 1.54) is 6.20 Å². The molecule has 0 fully saturated rings. The molecule has 0 atom stereocenters. The fraction of sp³-hybridized carbons (Fsp3) is 0.0909. The number of nitrogens with zero attached hydrogens (tertiary/aromatic N) is 2. The maximum atomic E-state index is 8.70. The summed E-state index contributed by atoms with van der Waals surface area (Å²) in [4.78, 5) is 6.96. The summed E-state index contributed by atoms with van der Waals surface area (Å²) >= 11 is 5.90. The zero-order chi connectivity index (χ0) is 11.5. The zero-order valence-corrected chi connectivity index (χ0v) is 9.25. The Bertz CT molecular complexity index is 557. The average molecular weight is 234 g/mol. The van der Waals surface area contributed by atoms with E-state index in [9.17, 15) is 0 Å². The second kappa shape index (κ2) is 4.25. The van der Waals surface area contributed by atoms with Crippen molar-refractivity contribution in [2.24, 2.45) is 0 Å². The van der Waals surface area contributed by atoms with Gasteiger partial charge in [0.05, 0.1) is 18.9 Å². The Balaban J connectivity index is 2.54. The molecule has 0 aliphatic rings. The molecule has 1 heterocycles. The largest absolute Gasteiger partial charge is 0.496 e. The molecule has 1 N–H and O–H groups in total. The van der Waals surface area contributed by atoms with Crippen molar-refractivity contribution in [1.29, 1.82) is 5.26 Å². The molecule has 4 nitrogen and oxygen atoms in total. The van der Waals surface area contributed by atoms with Gasteiger partial charge in [-0.3, -0.25) is 0 Å². The molecule has 0 spiro atoms. The van der Waals surface area contributed by atoms with Crippen molar-refractivity contribution >= 4 is 11.6 Å². The Morgan fingerprint density at radius 3 is 2.94 bits per heavy atom. The SMILES string of the molecule is COc1ccc(Cl)cc1-c1ncc(C#N)[nH]1. The van der Waals surface area contributed by atoms with E-state index in [2.05, 4.69) is 9.97 Å². The molecule has 1 aromatic carbocycles. The third-order valence-electron chi connectivity index (χ3n) is 2.11. The molecule has 0 aliphatic heterocycles. The van der Waals surface area contributed by atoms with Crippen LogP contribution in [-0.4, -0.2) is 17.1 Å². The monoisotopic (exact) mass is 233 g/mol. The van der Waals surface area contributed by atoms with Gasteiger partial charge in [-0.25, -0.2) is 4.98 Å². The smallest absolute Gasteiger partial charge is 0.142 e. The van der Waals surface area contributed by atoms with Crippen molar-refractivity contribution in [2.75, 3.05) is 7.11 Å². The third-order valence-corrected chi connectivity index (χ3v) is 2.35. The lowest BCUT2D eigenvalue weighted by atomic mass is 10.2. The first-order valence-electron chi connectivity index (χ1n) is 4.53. The van der Waals surface area contributed by atoms with Gasteiger partial charge < -0.3 is 9.72 Å². The van der Waals surface area contributed by atoms with Gasteiger partial charge in [0.25, 0.3) is 0 Å². The molecule has 0 unspecified atom stereocenters. The highest BCUT2D eigenvalue weighted by atomic mass is 35.5. The average Bonchev–Trinajstić information content (AvgIpc) is 2.77. The van der Waals surface area contributed by atoms with Crippen LogP contribution in [0.1, 0.15) is 5.69 Å². The van der Waals surface area contributed by atoms with Crippen molar-refractivity contribution in [2.45, 2.75) is 0 Å². The number of aromatic nitrogens is 2. The number of rotatable bonds is 2. The fourth-order valence-electron chi connectivity index (χ4n) is 1.38. The number of halogens is 1. The summed E-state index contributed by atoms with van der Waals surface area (Å²) in [6.45, 7) is 0. The molecule has 2 rings (SSSR count). The maximum Gasteiger partial charge on any atom is 0.142 e. The number of imidazole rings is 1. The minimum absolute atomic E-state index is 0.400. The number of methoxy groups -OCH3 is 1. The summed E-state index contributed by atoms with van der Waals surface area (Å²) < 4.78 is 5.20. The first-order chi connectivity index (χ1) is 7.74. The van der Waals surface area contributed by atoms with Gasteiger partial charge in [-0.1, -0.05) is 11.6 Å². The highest BCUT2D eigenvalue weighted by molar-refractivity contribution is 6.30. The first-order valence-corrected chi connectivity index (χ1v) is 4.91. The molecular formula is C11H8ClN3O. The summed E-state index contributed by atoms with van der Waals surface area (Å²) in [5, 5.41) is 9.29. The zero-order valence-electron chi connectivity index (χ0n) is 8.49. The van der Waals surface area contributed by atoms with E-state index in [0.29, 0.717) is 22.3 Å². The van der Waals surface area contributed by atoms with Gasteiger partial charge in [-0.05, 0) is 18.2 Å². The minimum Gasteiger partial charge on any atom is -0.496 e. The van der Waals surface area contributed by atoms with E-state index in [1.807, 2.05) is 6.07 Å². The Morgan fingerprint density at radius 1 is 1.50 bits per heavy atom. The highest BCUT2D eigenvalue weighted by Crippen LogP contribution is 2.30. The lowest BCUT2D eigenvalue weighted by Gasteiger charge is -2.05. The second-order valence-corrected chi connectivity index (χ2v) is 3.54. The molecule has 0 saturated carbocycles. The van der Waals surface area contributed by atoms with Gasteiger partial charge in [0.15, 0.2) is 0 Å². The lowest BCUT2D eigenvalue weighted by Crippen LogP contribution is -1.89. The topological polar surface area (TPSA) is 61.7 Å². The molecule has 5 heteroatoms. The molecular weight excluding hydrogens is 226 g/mol. The summed E-state index contributed by atoms with van der Waals surface area (Å²) in [6, 6.07) is 7.20. The molecule has 0 amide bonds.